The summed E-state index contributed by atoms with van der Waals surface area (Å²) < 4.78 is 0. The zero-order valence-electron chi connectivity index (χ0n) is 15.6. The van der Waals surface area contributed by atoms with E-state index in [1.165, 1.54) is 17.3 Å². The predicted molar refractivity (Wildman–Crippen MR) is 111 cm³/mol. The molecule has 28 heavy (non-hydrogen) atoms. The van der Waals surface area contributed by atoms with Crippen molar-refractivity contribution in [3.05, 3.63) is 71.4 Å². The molecule has 2 amide bonds. The number of hydrogen-bond acceptors (Lipinski definition) is 4. The number of amides is 2. The van der Waals surface area contributed by atoms with Crippen LogP contribution in [0.1, 0.15) is 40.4 Å². The van der Waals surface area contributed by atoms with Gasteiger partial charge in [-0.1, -0.05) is 35.9 Å². The molecule has 3 aromatic rings. The second-order valence-corrected chi connectivity index (χ2v) is 8.04. The third-order valence-corrected chi connectivity index (χ3v) is 5.69. The van der Waals surface area contributed by atoms with Gasteiger partial charge in [0.15, 0.2) is 0 Å². The molecule has 0 atom stereocenters. The Morgan fingerprint density at radius 1 is 1.07 bits per heavy atom. The lowest BCUT2D eigenvalue weighted by atomic mass is 10.1. The quantitative estimate of drug-likeness (QED) is 0.510. The lowest BCUT2D eigenvalue weighted by Gasteiger charge is -2.11. The van der Waals surface area contributed by atoms with Gasteiger partial charge in [-0.15, -0.1) is 11.8 Å². The molecule has 0 unspecified atom stereocenters. The second-order valence-electron chi connectivity index (χ2n) is 6.99. The van der Waals surface area contributed by atoms with E-state index in [1.807, 2.05) is 61.5 Å². The van der Waals surface area contributed by atoms with Gasteiger partial charge in [-0.25, -0.2) is 0 Å². The highest BCUT2D eigenvalue weighted by molar-refractivity contribution is 8.00. The van der Waals surface area contributed by atoms with Crippen molar-refractivity contribution in [1.82, 2.24) is 15.8 Å². The van der Waals surface area contributed by atoms with E-state index in [9.17, 15) is 9.59 Å². The average molecular weight is 391 g/mol. The maximum Gasteiger partial charge on any atom is 0.270 e. The number of pyridine rings is 1. The third-order valence-electron chi connectivity index (χ3n) is 4.68. The van der Waals surface area contributed by atoms with Crippen molar-refractivity contribution in [1.29, 1.82) is 0 Å². The van der Waals surface area contributed by atoms with E-state index in [1.54, 1.807) is 0 Å². The van der Waals surface area contributed by atoms with Crippen LogP contribution in [0.25, 0.3) is 10.9 Å². The normalized spacial score (nSPS) is 13.3. The Hall–Kier alpha value is -2.86. The minimum absolute atomic E-state index is 0.230. The fraction of sp³-hybridized carbons (Fsp3) is 0.227. The van der Waals surface area contributed by atoms with Crippen LogP contribution < -0.4 is 10.9 Å². The van der Waals surface area contributed by atoms with Gasteiger partial charge in [-0.05, 0) is 44.0 Å². The molecule has 0 spiro atoms. The minimum atomic E-state index is -0.325. The molecular formula is C22H21N3O2S. The van der Waals surface area contributed by atoms with E-state index in [0.717, 1.165) is 34.3 Å². The van der Waals surface area contributed by atoms with Crippen molar-refractivity contribution in [2.75, 3.05) is 5.75 Å². The zero-order chi connectivity index (χ0) is 19.5. The van der Waals surface area contributed by atoms with Gasteiger partial charge in [0.25, 0.3) is 5.91 Å². The van der Waals surface area contributed by atoms with Crippen molar-refractivity contribution < 1.29 is 9.59 Å². The standard InChI is InChI=1S/C22H21N3O2S/c1-14-6-10-16(11-7-14)28-13-21(26)24-25-22(27)18-12-20(15-8-9-15)23-19-5-3-2-4-17(18)19/h2-7,10-12,15H,8-9,13H2,1H3,(H,24,26)(H,25,27). The summed E-state index contributed by atoms with van der Waals surface area (Å²) in [5, 5.41) is 0.785. The number of hydrogen-bond donors (Lipinski definition) is 2. The zero-order valence-corrected chi connectivity index (χ0v) is 16.4. The maximum absolute atomic E-state index is 12.7. The van der Waals surface area contributed by atoms with E-state index in [-0.39, 0.29) is 17.6 Å². The first kappa shape index (κ1) is 18.5. The first-order chi connectivity index (χ1) is 13.6. The number of thioether (sulfide) groups is 1. The van der Waals surface area contributed by atoms with Crippen LogP contribution in [0.3, 0.4) is 0 Å². The first-order valence-electron chi connectivity index (χ1n) is 9.28. The van der Waals surface area contributed by atoms with Crippen molar-refractivity contribution >= 4 is 34.5 Å². The van der Waals surface area contributed by atoms with E-state index in [0.29, 0.717) is 11.5 Å². The van der Waals surface area contributed by atoms with Gasteiger partial charge in [-0.2, -0.15) is 0 Å². The molecule has 0 aliphatic heterocycles. The van der Waals surface area contributed by atoms with Crippen LogP contribution in [-0.4, -0.2) is 22.6 Å². The Labute approximate surface area is 167 Å². The van der Waals surface area contributed by atoms with E-state index >= 15 is 0 Å². The van der Waals surface area contributed by atoms with Crippen LogP contribution in [0.4, 0.5) is 0 Å². The summed E-state index contributed by atoms with van der Waals surface area (Å²) in [7, 11) is 0. The predicted octanol–water partition coefficient (Wildman–Crippen LogP) is 3.97. The molecule has 5 nitrogen and oxygen atoms in total. The second kappa shape index (κ2) is 8.02. The monoisotopic (exact) mass is 391 g/mol. The molecule has 2 aromatic carbocycles. The largest absolute Gasteiger partial charge is 0.272 e. The summed E-state index contributed by atoms with van der Waals surface area (Å²) in [6.45, 7) is 2.02. The van der Waals surface area contributed by atoms with Crippen molar-refractivity contribution in [2.24, 2.45) is 0 Å². The molecule has 1 aromatic heterocycles. The Bertz CT molecular complexity index is 1030. The number of fused-ring (bicyclic) bond motifs is 1. The molecule has 2 N–H and O–H groups in total. The highest BCUT2D eigenvalue weighted by atomic mass is 32.2. The molecule has 1 aliphatic rings. The van der Waals surface area contributed by atoms with Crippen LogP contribution >= 0.6 is 11.8 Å². The molecule has 1 aliphatic carbocycles. The number of nitrogens with zero attached hydrogens (tertiary/aromatic N) is 1. The van der Waals surface area contributed by atoms with Gasteiger partial charge in [0.1, 0.15) is 0 Å². The molecule has 1 saturated carbocycles. The number of benzene rings is 2. The number of hydrazine groups is 1. The van der Waals surface area contributed by atoms with Gasteiger partial charge >= 0.3 is 0 Å². The smallest absolute Gasteiger partial charge is 0.270 e. The maximum atomic E-state index is 12.7. The summed E-state index contributed by atoms with van der Waals surface area (Å²) in [5.41, 5.74) is 8.53. The molecule has 142 valence electrons. The number of para-hydroxylation sites is 1. The van der Waals surface area contributed by atoms with Crippen LogP contribution in [0.2, 0.25) is 0 Å². The Kier molecular flexibility index (Phi) is 5.30. The number of aryl methyl sites for hydroxylation is 1. The van der Waals surface area contributed by atoms with E-state index < -0.39 is 0 Å². The Balaban J connectivity index is 1.40. The number of carbonyl (C=O) groups is 2. The molecule has 1 fully saturated rings. The Morgan fingerprint density at radius 3 is 2.57 bits per heavy atom. The van der Waals surface area contributed by atoms with Crippen molar-refractivity contribution in [2.45, 2.75) is 30.6 Å². The summed E-state index contributed by atoms with van der Waals surface area (Å²) in [6, 6.07) is 17.4. The fourth-order valence-corrected chi connectivity index (χ4v) is 3.68. The van der Waals surface area contributed by atoms with Gasteiger partial charge in [0, 0.05) is 21.9 Å². The molecule has 0 saturated heterocycles. The highest BCUT2D eigenvalue weighted by Gasteiger charge is 2.27. The minimum Gasteiger partial charge on any atom is -0.272 e. The number of carbonyl (C=O) groups excluding carboxylic acids is 2. The Morgan fingerprint density at radius 2 is 1.82 bits per heavy atom. The summed E-state index contributed by atoms with van der Waals surface area (Å²) in [4.78, 5) is 30.5. The molecule has 1 heterocycles. The first-order valence-corrected chi connectivity index (χ1v) is 10.3. The van der Waals surface area contributed by atoms with Crippen LogP contribution in [0.5, 0.6) is 0 Å². The average Bonchev–Trinajstić information content (AvgIpc) is 3.56. The molecule has 4 rings (SSSR count). The lowest BCUT2D eigenvalue weighted by molar-refractivity contribution is -0.119. The fourth-order valence-electron chi connectivity index (χ4n) is 2.99. The summed E-state index contributed by atoms with van der Waals surface area (Å²) >= 11 is 1.43. The van der Waals surface area contributed by atoms with Crippen molar-refractivity contribution in [3.63, 3.8) is 0 Å². The van der Waals surface area contributed by atoms with Gasteiger partial charge < -0.3 is 0 Å². The van der Waals surface area contributed by atoms with E-state index in [4.69, 9.17) is 0 Å². The third kappa shape index (κ3) is 4.34. The van der Waals surface area contributed by atoms with E-state index in [2.05, 4.69) is 15.8 Å². The number of rotatable bonds is 5. The van der Waals surface area contributed by atoms with Gasteiger partial charge in [0.05, 0.1) is 16.8 Å². The topological polar surface area (TPSA) is 71.1 Å². The van der Waals surface area contributed by atoms with Crippen molar-refractivity contribution in [3.8, 4) is 0 Å². The lowest BCUT2D eigenvalue weighted by Crippen LogP contribution is -2.42. The van der Waals surface area contributed by atoms with Gasteiger partial charge in [0.2, 0.25) is 5.91 Å². The number of aromatic nitrogens is 1. The van der Waals surface area contributed by atoms with Crippen LogP contribution in [0, 0.1) is 6.92 Å². The number of nitrogens with one attached hydrogen (secondary N) is 2. The summed E-state index contributed by atoms with van der Waals surface area (Å²) in [5.74, 6) is 0.0962. The SMILES string of the molecule is Cc1ccc(SCC(=O)NNC(=O)c2cc(C3CC3)nc3ccccc23)cc1. The van der Waals surface area contributed by atoms with Crippen LogP contribution in [-0.2, 0) is 4.79 Å². The highest BCUT2D eigenvalue weighted by Crippen LogP contribution is 2.40. The molecule has 0 radical (unpaired) electrons. The molecular weight excluding hydrogens is 370 g/mol. The molecule has 6 heteroatoms. The summed E-state index contributed by atoms with van der Waals surface area (Å²) in [6.07, 6.45) is 2.22. The van der Waals surface area contributed by atoms with Gasteiger partial charge in [-0.3, -0.25) is 25.4 Å². The van der Waals surface area contributed by atoms with Crippen LogP contribution in [0.15, 0.2) is 59.5 Å². The molecule has 0 bridgehead atoms.